The number of nitrogen functional groups attached to an aromatic ring is 1. The summed E-state index contributed by atoms with van der Waals surface area (Å²) in [6.07, 6.45) is 0.809. The summed E-state index contributed by atoms with van der Waals surface area (Å²) < 4.78 is 9.76. The third-order valence-corrected chi connectivity index (χ3v) is 2.90. The van der Waals surface area contributed by atoms with Crippen LogP contribution in [0.15, 0.2) is 24.3 Å². The van der Waals surface area contributed by atoms with E-state index in [0.29, 0.717) is 12.1 Å². The molecule has 0 bridgehead atoms. The molecule has 1 aromatic carbocycles. The van der Waals surface area contributed by atoms with Crippen molar-refractivity contribution in [3.8, 4) is 0 Å². The number of hydrogen-bond donors (Lipinski definition) is 1. The summed E-state index contributed by atoms with van der Waals surface area (Å²) in [5, 5.41) is 0. The molecule has 5 nitrogen and oxygen atoms in total. The van der Waals surface area contributed by atoms with Crippen LogP contribution in [0.3, 0.4) is 0 Å². The average Bonchev–Trinajstić information content (AvgIpc) is 2.42. The molecule has 0 aliphatic carbocycles. The first-order valence-electron chi connectivity index (χ1n) is 6.43. The van der Waals surface area contributed by atoms with Crippen LogP contribution in [-0.2, 0) is 25.5 Å². The largest absolute Gasteiger partial charge is 0.469 e. The van der Waals surface area contributed by atoms with Crippen molar-refractivity contribution in [2.75, 3.05) is 19.5 Å². The lowest BCUT2D eigenvalue weighted by Gasteiger charge is -2.20. The fraction of sp³-hybridized carbons (Fsp3) is 0.467. The number of aryl methyl sites for hydroxylation is 1. The number of methoxy groups -OCH3 is 1. The smallest absolute Gasteiger partial charge is 0.314 e. The maximum atomic E-state index is 11.7. The minimum atomic E-state index is -0.832. The molecule has 5 heteroatoms. The Bertz CT molecular complexity index is 483. The van der Waals surface area contributed by atoms with Gasteiger partial charge in [0.1, 0.15) is 6.61 Å². The van der Waals surface area contributed by atoms with E-state index in [1.54, 1.807) is 19.9 Å². The predicted octanol–water partition coefficient (Wildman–Crippen LogP) is 1.94. The van der Waals surface area contributed by atoms with Crippen molar-refractivity contribution in [1.29, 1.82) is 0 Å². The van der Waals surface area contributed by atoms with Gasteiger partial charge >= 0.3 is 11.9 Å². The van der Waals surface area contributed by atoms with Crippen molar-refractivity contribution in [1.82, 2.24) is 0 Å². The van der Waals surface area contributed by atoms with Crippen molar-refractivity contribution >= 4 is 17.6 Å². The fourth-order valence-electron chi connectivity index (χ4n) is 1.66. The lowest BCUT2D eigenvalue weighted by Crippen LogP contribution is -2.32. The second-order valence-electron chi connectivity index (χ2n) is 5.28. The Morgan fingerprint density at radius 3 is 2.60 bits per heavy atom. The number of carbonyl (C=O) groups excluding carboxylic acids is 2. The molecule has 110 valence electrons. The van der Waals surface area contributed by atoms with Crippen molar-refractivity contribution in [2.45, 2.75) is 26.7 Å². The highest BCUT2D eigenvalue weighted by Crippen LogP contribution is 2.18. The predicted molar refractivity (Wildman–Crippen MR) is 75.9 cm³/mol. The molecular formula is C15H21NO4. The first kappa shape index (κ1) is 16.0. The molecule has 2 N–H and O–H groups in total. The Morgan fingerprint density at radius 1 is 1.30 bits per heavy atom. The standard InChI is InChI=1S/C15H21NO4/c1-15(2,14(18)19-3)10-20-13(17)8-7-11-5-4-6-12(16)9-11/h4-6,9H,7-8,10,16H2,1-3H3. The van der Waals surface area contributed by atoms with Gasteiger partial charge in [0.25, 0.3) is 0 Å². The minimum Gasteiger partial charge on any atom is -0.469 e. The lowest BCUT2D eigenvalue weighted by molar-refractivity contribution is -0.159. The Kier molecular flexibility index (Phi) is 5.55. The molecule has 0 heterocycles. The number of rotatable bonds is 6. The Balaban J connectivity index is 2.39. The van der Waals surface area contributed by atoms with Crippen LogP contribution in [0, 0.1) is 5.41 Å². The molecule has 1 aromatic rings. The van der Waals surface area contributed by atoms with E-state index >= 15 is 0 Å². The Morgan fingerprint density at radius 2 is 2.00 bits per heavy atom. The fourth-order valence-corrected chi connectivity index (χ4v) is 1.66. The number of anilines is 1. The summed E-state index contributed by atoms with van der Waals surface area (Å²) >= 11 is 0. The van der Waals surface area contributed by atoms with Gasteiger partial charge in [0.05, 0.1) is 12.5 Å². The van der Waals surface area contributed by atoms with Gasteiger partial charge in [0, 0.05) is 12.1 Å². The van der Waals surface area contributed by atoms with Gasteiger partial charge in [-0.05, 0) is 38.0 Å². The molecule has 0 aromatic heterocycles. The second-order valence-corrected chi connectivity index (χ2v) is 5.28. The number of esters is 2. The molecular weight excluding hydrogens is 258 g/mol. The van der Waals surface area contributed by atoms with Crippen LogP contribution < -0.4 is 5.73 Å². The van der Waals surface area contributed by atoms with Gasteiger partial charge in [-0.25, -0.2) is 0 Å². The zero-order valence-electron chi connectivity index (χ0n) is 12.1. The van der Waals surface area contributed by atoms with Crippen LogP contribution in [0.2, 0.25) is 0 Å². The van der Waals surface area contributed by atoms with E-state index in [-0.39, 0.29) is 19.0 Å². The van der Waals surface area contributed by atoms with Crippen LogP contribution in [-0.4, -0.2) is 25.7 Å². The van der Waals surface area contributed by atoms with Crippen LogP contribution in [0.5, 0.6) is 0 Å². The summed E-state index contributed by atoms with van der Waals surface area (Å²) in [6.45, 7) is 3.35. The monoisotopic (exact) mass is 279 g/mol. The third kappa shape index (κ3) is 4.91. The molecule has 1 rings (SSSR count). The van der Waals surface area contributed by atoms with Gasteiger partial charge < -0.3 is 15.2 Å². The van der Waals surface area contributed by atoms with Gasteiger partial charge in [0.15, 0.2) is 0 Å². The first-order chi connectivity index (χ1) is 9.35. The quantitative estimate of drug-likeness (QED) is 0.636. The summed E-state index contributed by atoms with van der Waals surface area (Å²) in [7, 11) is 1.31. The van der Waals surface area contributed by atoms with Crippen molar-refractivity contribution < 1.29 is 19.1 Å². The SMILES string of the molecule is COC(=O)C(C)(C)COC(=O)CCc1cccc(N)c1. The maximum absolute atomic E-state index is 11.7. The van der Waals surface area contributed by atoms with Crippen LogP contribution in [0.1, 0.15) is 25.8 Å². The van der Waals surface area contributed by atoms with E-state index in [9.17, 15) is 9.59 Å². The van der Waals surface area contributed by atoms with E-state index < -0.39 is 11.4 Å². The lowest BCUT2D eigenvalue weighted by atomic mass is 9.95. The van der Waals surface area contributed by atoms with Crippen LogP contribution >= 0.6 is 0 Å². The topological polar surface area (TPSA) is 78.6 Å². The van der Waals surface area contributed by atoms with E-state index in [1.165, 1.54) is 7.11 Å². The molecule has 0 radical (unpaired) electrons. The van der Waals surface area contributed by atoms with E-state index in [0.717, 1.165) is 5.56 Å². The first-order valence-corrected chi connectivity index (χ1v) is 6.43. The summed E-state index contributed by atoms with van der Waals surface area (Å²) in [5.74, 6) is -0.745. The highest BCUT2D eigenvalue weighted by molar-refractivity contribution is 5.76. The molecule has 0 spiro atoms. The zero-order valence-corrected chi connectivity index (χ0v) is 12.1. The van der Waals surface area contributed by atoms with E-state index in [2.05, 4.69) is 4.74 Å². The number of benzene rings is 1. The van der Waals surface area contributed by atoms with Crippen LogP contribution in [0.25, 0.3) is 0 Å². The average molecular weight is 279 g/mol. The van der Waals surface area contributed by atoms with E-state index in [4.69, 9.17) is 10.5 Å². The summed E-state index contributed by atoms with van der Waals surface area (Å²) in [6, 6.07) is 7.37. The minimum absolute atomic E-state index is 0.00936. The normalized spacial score (nSPS) is 10.9. The number of carbonyl (C=O) groups is 2. The van der Waals surface area contributed by atoms with Gasteiger partial charge in [-0.1, -0.05) is 12.1 Å². The molecule has 20 heavy (non-hydrogen) atoms. The molecule has 0 atom stereocenters. The van der Waals surface area contributed by atoms with Gasteiger partial charge in [0.2, 0.25) is 0 Å². The number of ether oxygens (including phenoxy) is 2. The van der Waals surface area contributed by atoms with Crippen molar-refractivity contribution in [2.24, 2.45) is 5.41 Å². The molecule has 0 fully saturated rings. The van der Waals surface area contributed by atoms with Crippen molar-refractivity contribution in [3.05, 3.63) is 29.8 Å². The number of nitrogens with two attached hydrogens (primary N) is 1. The molecule has 0 aliphatic rings. The summed E-state index contributed by atoms with van der Waals surface area (Å²) in [4.78, 5) is 23.1. The van der Waals surface area contributed by atoms with Crippen LogP contribution in [0.4, 0.5) is 5.69 Å². The highest BCUT2D eigenvalue weighted by Gasteiger charge is 2.30. The molecule has 0 amide bonds. The zero-order chi connectivity index (χ0) is 15.2. The van der Waals surface area contributed by atoms with Gasteiger partial charge in [-0.3, -0.25) is 9.59 Å². The third-order valence-electron chi connectivity index (χ3n) is 2.90. The Labute approximate surface area is 119 Å². The second kappa shape index (κ2) is 6.93. The van der Waals surface area contributed by atoms with Gasteiger partial charge in [-0.15, -0.1) is 0 Å². The van der Waals surface area contributed by atoms with Crippen molar-refractivity contribution in [3.63, 3.8) is 0 Å². The highest BCUT2D eigenvalue weighted by atomic mass is 16.5. The molecule has 0 saturated carbocycles. The van der Waals surface area contributed by atoms with E-state index in [1.807, 2.05) is 18.2 Å². The maximum Gasteiger partial charge on any atom is 0.314 e. The van der Waals surface area contributed by atoms with Gasteiger partial charge in [-0.2, -0.15) is 0 Å². The molecule has 0 saturated heterocycles. The number of hydrogen-bond acceptors (Lipinski definition) is 5. The summed E-state index contributed by atoms with van der Waals surface area (Å²) in [5.41, 5.74) is 6.48. The molecule has 0 unspecified atom stereocenters. The molecule has 0 aliphatic heterocycles. The Hall–Kier alpha value is -2.04.